The zero-order chi connectivity index (χ0) is 13.1. The minimum absolute atomic E-state index is 1.36. The summed E-state index contributed by atoms with van der Waals surface area (Å²) in [6.07, 6.45) is 0. The Kier molecular flexibility index (Phi) is 5.02. The van der Waals surface area contributed by atoms with Crippen molar-refractivity contribution in [1.82, 2.24) is 4.58 Å². The molecule has 0 aliphatic heterocycles. The average Bonchev–Trinajstić information content (AvgIpc) is 2.58. The van der Waals surface area contributed by atoms with E-state index in [4.69, 9.17) is 18.6 Å². The molecule has 2 rings (SSSR count). The molecule has 94 valence electrons. The third-order valence-electron chi connectivity index (χ3n) is 1.61. The van der Waals surface area contributed by atoms with Gasteiger partial charge in [-0.25, -0.2) is 23.2 Å². The molecule has 0 atom stereocenters. The van der Waals surface area contributed by atoms with E-state index in [1.807, 2.05) is 22.7 Å². The number of hydrogen-bond donors (Lipinski definition) is 0. The van der Waals surface area contributed by atoms with Crippen LogP contribution in [0.15, 0.2) is 24.3 Å². The molecule has 5 nitrogen and oxygen atoms in total. The molecular weight excluding hydrogens is 286 g/mol. The van der Waals surface area contributed by atoms with Gasteiger partial charge in [0.05, 0.1) is 9.40 Å². The number of rotatable bonds is 0. The second-order valence-electron chi connectivity index (χ2n) is 3.19. The zero-order valence-corrected chi connectivity index (χ0v) is 11.5. The predicted molar refractivity (Wildman–Crippen MR) is 56.8 cm³/mol. The summed E-state index contributed by atoms with van der Waals surface area (Å²) in [5.41, 5.74) is 0. The van der Waals surface area contributed by atoms with Gasteiger partial charge in [-0.05, 0) is 12.1 Å². The van der Waals surface area contributed by atoms with Gasteiger partial charge in [-0.15, -0.1) is 10.2 Å². The molecule has 0 radical (unpaired) electrons. The van der Waals surface area contributed by atoms with Crippen molar-refractivity contribution >= 4 is 32.1 Å². The van der Waals surface area contributed by atoms with E-state index >= 15 is 0 Å². The van der Waals surface area contributed by atoms with Crippen LogP contribution in [-0.4, -0.2) is 14.1 Å². The molecule has 0 aliphatic rings. The summed E-state index contributed by atoms with van der Waals surface area (Å²) in [4.78, 5) is 0. The molecule has 17 heavy (non-hydrogen) atoms. The zero-order valence-electron chi connectivity index (χ0n) is 9.08. The molecule has 0 spiro atoms. The largest absolute Gasteiger partial charge is 0.314 e. The van der Waals surface area contributed by atoms with Gasteiger partial charge >= 0.3 is 3.98 Å². The first-order valence-corrected chi connectivity index (χ1v) is 7.25. The second kappa shape index (κ2) is 5.87. The van der Waals surface area contributed by atoms with E-state index in [0.29, 0.717) is 0 Å². The highest BCUT2D eigenvalue weighted by atomic mass is 35.7. The van der Waals surface area contributed by atoms with E-state index in [0.717, 1.165) is 0 Å². The fourth-order valence-corrected chi connectivity index (χ4v) is 3.34. The van der Waals surface area contributed by atoms with Crippen LogP contribution < -0.4 is 27.2 Å². The molecule has 0 bridgehead atoms. The highest BCUT2D eigenvalue weighted by Crippen LogP contribution is 2.19. The quantitative estimate of drug-likeness (QED) is 0.492. The molecule has 0 saturated carbocycles. The van der Waals surface area contributed by atoms with E-state index in [2.05, 4.69) is 42.9 Å². The van der Waals surface area contributed by atoms with Gasteiger partial charge in [0, 0.05) is 0 Å². The van der Waals surface area contributed by atoms with Gasteiger partial charge in [0.25, 0.3) is 0 Å². The molecule has 0 N–H and O–H groups in total. The Morgan fingerprint density at radius 3 is 1.59 bits per heavy atom. The summed E-state index contributed by atoms with van der Waals surface area (Å²) in [5.74, 6) is 0. The van der Waals surface area contributed by atoms with E-state index in [1.54, 1.807) is 0 Å². The van der Waals surface area contributed by atoms with Gasteiger partial charge < -0.3 is 0 Å². The van der Waals surface area contributed by atoms with E-state index in [-0.39, 0.29) is 0 Å². The monoisotopic (exact) mass is 295 g/mol. The first kappa shape index (κ1) is 14.5. The van der Waals surface area contributed by atoms with Crippen LogP contribution in [0.1, 0.15) is 0 Å². The Hall–Kier alpha value is -0.540. The third-order valence-corrected chi connectivity index (χ3v) is 4.47. The number of benzene rings is 1. The fraction of sp³-hybridized carbons (Fsp3) is 0.222. The van der Waals surface area contributed by atoms with Crippen LogP contribution in [0, 0.1) is 10.2 Å². The smallest absolute Gasteiger partial charge is 0.222 e. The maximum Gasteiger partial charge on any atom is 0.314 e. The third kappa shape index (κ3) is 5.55. The van der Waals surface area contributed by atoms with Gasteiger partial charge in [-0.1, -0.05) is 34.8 Å². The van der Waals surface area contributed by atoms with Crippen molar-refractivity contribution in [2.24, 2.45) is 0 Å². The van der Waals surface area contributed by atoms with Crippen molar-refractivity contribution < 1.29 is 28.9 Å². The summed E-state index contributed by atoms with van der Waals surface area (Å²) >= 11 is 3.70. The number of fused-ring (bicyclic) bond motifs is 1. The summed E-state index contributed by atoms with van der Waals surface area (Å²) in [6, 6.07) is 8.52. The number of nitrogens with zero attached hydrogens (tertiary/aromatic N) is 1. The van der Waals surface area contributed by atoms with Crippen LogP contribution in [0.3, 0.4) is 0 Å². The molecule has 1 heterocycles. The first-order chi connectivity index (χ1) is 7.77. The molecule has 2 aromatic rings. The van der Waals surface area contributed by atoms with Crippen molar-refractivity contribution in [3.05, 3.63) is 28.3 Å². The van der Waals surface area contributed by atoms with E-state index in [1.165, 1.54) is 13.4 Å². The highest BCUT2D eigenvalue weighted by Gasteiger charge is 2.00. The molecule has 0 amide bonds. The lowest BCUT2D eigenvalue weighted by Gasteiger charge is -2.17. The lowest BCUT2D eigenvalue weighted by atomic mass is 10.4. The van der Waals surface area contributed by atoms with Crippen molar-refractivity contribution in [1.29, 1.82) is 0 Å². The Labute approximate surface area is 108 Å². The van der Waals surface area contributed by atoms with Crippen LogP contribution >= 0.6 is 22.7 Å². The van der Waals surface area contributed by atoms with E-state index < -0.39 is 10.2 Å². The van der Waals surface area contributed by atoms with Gasteiger partial charge in [-0.2, -0.15) is 0 Å². The van der Waals surface area contributed by atoms with Gasteiger partial charge in [0.1, 0.15) is 14.1 Å². The SMILES string of the molecule is C[N+](C)=c1sc2ccccc2s1.[O-][Cl+3]([O-])([O-])[O-]. The van der Waals surface area contributed by atoms with Crippen LogP contribution in [-0.2, 0) is 0 Å². The first-order valence-electron chi connectivity index (χ1n) is 4.38. The van der Waals surface area contributed by atoms with Gasteiger partial charge in [-0.3, -0.25) is 0 Å². The molecule has 0 aliphatic carbocycles. The molecule has 0 fully saturated rings. The van der Waals surface area contributed by atoms with Crippen molar-refractivity contribution in [2.75, 3.05) is 14.1 Å². The summed E-state index contributed by atoms with van der Waals surface area (Å²) in [5, 5.41) is 0. The van der Waals surface area contributed by atoms with Crippen LogP contribution in [0.5, 0.6) is 0 Å². The molecular formula is C9H10ClNO4S2. The van der Waals surface area contributed by atoms with Crippen molar-refractivity contribution in [3.63, 3.8) is 0 Å². The van der Waals surface area contributed by atoms with Crippen molar-refractivity contribution in [2.45, 2.75) is 0 Å². The lowest BCUT2D eigenvalue weighted by molar-refractivity contribution is -2.00. The minimum atomic E-state index is -4.94. The summed E-state index contributed by atoms with van der Waals surface area (Å²) in [6.45, 7) is 0. The maximum absolute atomic E-state index is 8.49. The Morgan fingerprint density at radius 1 is 0.941 bits per heavy atom. The number of halogens is 1. The maximum atomic E-state index is 8.49. The van der Waals surface area contributed by atoms with Gasteiger partial charge in [0.15, 0.2) is 0 Å². The topological polar surface area (TPSA) is 95.2 Å². The van der Waals surface area contributed by atoms with Crippen LogP contribution in [0.4, 0.5) is 0 Å². The van der Waals surface area contributed by atoms with Crippen LogP contribution in [0.25, 0.3) is 9.40 Å². The fourth-order valence-electron chi connectivity index (χ4n) is 1.01. The Morgan fingerprint density at radius 2 is 1.29 bits per heavy atom. The van der Waals surface area contributed by atoms with Gasteiger partial charge in [0.2, 0.25) is 0 Å². The van der Waals surface area contributed by atoms with Crippen molar-refractivity contribution in [3.8, 4) is 0 Å². The minimum Gasteiger partial charge on any atom is -0.222 e. The Bertz CT molecular complexity index is 512. The molecule has 0 unspecified atom stereocenters. The average molecular weight is 296 g/mol. The molecule has 8 heteroatoms. The molecule has 0 saturated heterocycles. The Balaban J connectivity index is 0.000000249. The predicted octanol–water partition coefficient (Wildman–Crippen LogP) is -2.76. The summed E-state index contributed by atoms with van der Waals surface area (Å²) < 4.78 is 40.3. The molecule has 1 aromatic heterocycles. The molecule has 1 aromatic carbocycles. The van der Waals surface area contributed by atoms with Crippen LogP contribution in [0.2, 0.25) is 0 Å². The number of hydrogen-bond acceptors (Lipinski definition) is 6. The summed E-state index contributed by atoms with van der Waals surface area (Å²) in [7, 11) is -0.775. The highest BCUT2D eigenvalue weighted by molar-refractivity contribution is 7.35. The lowest BCUT2D eigenvalue weighted by Crippen LogP contribution is -2.68. The van der Waals surface area contributed by atoms with E-state index in [9.17, 15) is 0 Å². The second-order valence-corrected chi connectivity index (χ2v) is 6.26. The normalized spacial score (nSPS) is 10.9. The standard InChI is InChI=1S/C9H10NS2.ClHO4/c1-10(2)9-11-7-5-3-4-6-8(7)12-9;2-1(3,4)5/h3-6H,1-2H3;(H,2,3,4,5)/q+1;/p-1.